The molecule has 1 amide bonds. The molecule has 0 unspecified atom stereocenters. The Morgan fingerprint density at radius 1 is 1.17 bits per heavy atom. The summed E-state index contributed by atoms with van der Waals surface area (Å²) in [5.41, 5.74) is 8.28. The molecule has 5 nitrogen and oxygen atoms in total. The molecule has 0 aliphatic carbocycles. The van der Waals surface area contributed by atoms with Gasteiger partial charge < -0.3 is 5.73 Å². The van der Waals surface area contributed by atoms with Crippen molar-refractivity contribution in [2.75, 3.05) is 4.90 Å². The summed E-state index contributed by atoms with van der Waals surface area (Å²) in [5, 5.41) is 9.80. The number of carbonyl (C=O) groups is 1. The number of nitrogens with zero attached hydrogens (tertiary/aromatic N) is 3. The lowest BCUT2D eigenvalue weighted by Crippen LogP contribution is -2.23. The van der Waals surface area contributed by atoms with Gasteiger partial charge in [0.25, 0.3) is 5.91 Å². The summed E-state index contributed by atoms with van der Waals surface area (Å²) in [7, 11) is 0. The molecule has 0 fully saturated rings. The normalized spacial score (nSPS) is 14.1. The maximum absolute atomic E-state index is 12.4. The van der Waals surface area contributed by atoms with Crippen molar-refractivity contribution in [1.29, 1.82) is 5.26 Å². The fraction of sp³-hybridized carbons (Fsp3) is 0. The third-order valence-corrected chi connectivity index (χ3v) is 3.64. The van der Waals surface area contributed by atoms with Crippen molar-refractivity contribution in [3.8, 4) is 6.19 Å². The van der Waals surface area contributed by atoms with E-state index >= 15 is 0 Å². The van der Waals surface area contributed by atoms with Crippen LogP contribution < -0.4 is 10.6 Å². The maximum Gasteiger partial charge on any atom is 0.266 e. The van der Waals surface area contributed by atoms with E-state index in [4.69, 9.17) is 17.3 Å². The van der Waals surface area contributed by atoms with Gasteiger partial charge in [0.05, 0.1) is 11.4 Å². The minimum absolute atomic E-state index is 0.356. The van der Waals surface area contributed by atoms with Crippen LogP contribution in [-0.4, -0.2) is 11.7 Å². The second-order valence-electron chi connectivity index (χ2n) is 4.82. The van der Waals surface area contributed by atoms with Gasteiger partial charge in [-0.15, -0.1) is 0 Å². The van der Waals surface area contributed by atoms with Crippen LogP contribution >= 0.6 is 11.6 Å². The number of hydrogen-bond acceptors (Lipinski definition) is 4. The SMILES string of the molecule is N#CN(C(=O)/C=C1\N=C(N)c2ccccc21)c1ccc(Cl)cc1. The molecule has 23 heavy (non-hydrogen) atoms. The molecule has 6 heteroatoms. The van der Waals surface area contributed by atoms with Gasteiger partial charge in [-0.05, 0) is 24.3 Å². The fourth-order valence-corrected chi connectivity index (χ4v) is 2.42. The summed E-state index contributed by atoms with van der Waals surface area (Å²) in [6, 6.07) is 13.8. The molecule has 112 valence electrons. The lowest BCUT2D eigenvalue weighted by Gasteiger charge is -2.11. The summed E-state index contributed by atoms with van der Waals surface area (Å²) in [4.78, 5) is 17.6. The van der Waals surface area contributed by atoms with Gasteiger partial charge in [0, 0.05) is 22.2 Å². The highest BCUT2D eigenvalue weighted by Crippen LogP contribution is 2.27. The Hall–Kier alpha value is -3.10. The first kappa shape index (κ1) is 14.8. The molecule has 0 bridgehead atoms. The van der Waals surface area contributed by atoms with E-state index in [-0.39, 0.29) is 0 Å². The third-order valence-electron chi connectivity index (χ3n) is 3.39. The molecular formula is C17H11ClN4O. The Bertz CT molecular complexity index is 878. The molecule has 0 spiro atoms. The van der Waals surface area contributed by atoms with Crippen LogP contribution in [0.2, 0.25) is 5.02 Å². The van der Waals surface area contributed by atoms with Gasteiger partial charge in [-0.1, -0.05) is 35.9 Å². The highest BCUT2D eigenvalue weighted by atomic mass is 35.5. The van der Waals surface area contributed by atoms with Crippen LogP contribution in [0, 0.1) is 11.5 Å². The monoisotopic (exact) mass is 322 g/mol. The lowest BCUT2D eigenvalue weighted by atomic mass is 10.1. The molecule has 1 aliphatic rings. The van der Waals surface area contributed by atoms with Crippen molar-refractivity contribution >= 4 is 34.7 Å². The number of anilines is 1. The minimum atomic E-state index is -0.502. The van der Waals surface area contributed by atoms with Crippen LogP contribution in [0.5, 0.6) is 0 Å². The van der Waals surface area contributed by atoms with Gasteiger partial charge >= 0.3 is 0 Å². The van der Waals surface area contributed by atoms with Crippen LogP contribution in [-0.2, 0) is 4.79 Å². The minimum Gasteiger partial charge on any atom is -0.383 e. The van der Waals surface area contributed by atoms with E-state index in [2.05, 4.69) is 4.99 Å². The van der Waals surface area contributed by atoms with Crippen molar-refractivity contribution in [2.45, 2.75) is 0 Å². The van der Waals surface area contributed by atoms with Crippen LogP contribution in [0.25, 0.3) is 5.70 Å². The van der Waals surface area contributed by atoms with Crippen molar-refractivity contribution in [1.82, 2.24) is 0 Å². The zero-order valence-corrected chi connectivity index (χ0v) is 12.7. The Morgan fingerprint density at radius 2 is 1.83 bits per heavy atom. The van der Waals surface area contributed by atoms with Crippen LogP contribution in [0.4, 0.5) is 5.69 Å². The van der Waals surface area contributed by atoms with E-state index < -0.39 is 5.91 Å². The summed E-state index contributed by atoms with van der Waals surface area (Å²) in [6.07, 6.45) is 3.17. The smallest absolute Gasteiger partial charge is 0.266 e. The van der Waals surface area contributed by atoms with Crippen LogP contribution in [0.15, 0.2) is 59.6 Å². The summed E-state index contributed by atoms with van der Waals surface area (Å²) in [5.74, 6) is -0.146. The van der Waals surface area contributed by atoms with E-state index in [1.807, 2.05) is 30.5 Å². The largest absolute Gasteiger partial charge is 0.383 e. The average Bonchev–Trinajstić information content (AvgIpc) is 2.86. The zero-order valence-electron chi connectivity index (χ0n) is 11.9. The number of hydrogen-bond donors (Lipinski definition) is 1. The standard InChI is InChI=1S/C17H11ClN4O/c18-11-5-7-12(8-6-11)22(10-19)16(23)9-15-13-3-1-2-4-14(13)17(20)21-15/h1-9H,(H2,20,21)/b15-9-. The molecule has 0 saturated heterocycles. The topological polar surface area (TPSA) is 82.5 Å². The number of halogens is 1. The van der Waals surface area contributed by atoms with E-state index in [9.17, 15) is 10.1 Å². The first-order valence-corrected chi connectivity index (χ1v) is 7.13. The molecule has 2 N–H and O–H groups in total. The summed E-state index contributed by atoms with van der Waals surface area (Å²) >= 11 is 5.82. The third kappa shape index (κ3) is 2.80. The highest BCUT2D eigenvalue weighted by Gasteiger charge is 2.20. The molecule has 0 saturated carbocycles. The second-order valence-corrected chi connectivity index (χ2v) is 5.26. The molecule has 2 aromatic rings. The van der Waals surface area contributed by atoms with Gasteiger partial charge in [-0.2, -0.15) is 5.26 Å². The predicted molar refractivity (Wildman–Crippen MR) is 89.7 cm³/mol. The predicted octanol–water partition coefficient (Wildman–Crippen LogP) is 2.91. The Kier molecular flexibility index (Phi) is 3.83. The zero-order chi connectivity index (χ0) is 16.4. The Morgan fingerprint density at radius 3 is 2.48 bits per heavy atom. The molecule has 1 aliphatic heterocycles. The number of nitrogens with two attached hydrogens (primary N) is 1. The summed E-state index contributed by atoms with van der Waals surface area (Å²) in [6.45, 7) is 0. The number of aliphatic imine (C=N–C) groups is 1. The van der Waals surface area contributed by atoms with E-state index in [0.29, 0.717) is 22.2 Å². The number of nitriles is 1. The number of carbonyl (C=O) groups excluding carboxylic acids is 1. The molecule has 0 atom stereocenters. The van der Waals surface area contributed by atoms with Crippen molar-refractivity contribution in [3.63, 3.8) is 0 Å². The quantitative estimate of drug-likeness (QED) is 0.524. The molecule has 3 rings (SSSR count). The second kappa shape index (κ2) is 5.95. The van der Waals surface area contributed by atoms with Crippen LogP contribution in [0.3, 0.4) is 0 Å². The lowest BCUT2D eigenvalue weighted by molar-refractivity contribution is -0.113. The molecule has 0 aromatic heterocycles. The number of amidine groups is 1. The number of fused-ring (bicyclic) bond motifs is 1. The average molecular weight is 323 g/mol. The molecule has 2 aromatic carbocycles. The number of rotatable bonds is 2. The van der Waals surface area contributed by atoms with Gasteiger partial charge in [0.15, 0.2) is 6.19 Å². The van der Waals surface area contributed by atoms with Gasteiger partial charge in [-0.25, -0.2) is 9.89 Å². The fourth-order valence-electron chi connectivity index (χ4n) is 2.30. The molecular weight excluding hydrogens is 312 g/mol. The highest BCUT2D eigenvalue weighted by molar-refractivity contribution is 6.30. The Balaban J connectivity index is 1.95. The molecule has 0 radical (unpaired) electrons. The first-order chi connectivity index (χ1) is 11.1. The van der Waals surface area contributed by atoms with Gasteiger partial charge in [0.2, 0.25) is 0 Å². The van der Waals surface area contributed by atoms with E-state index in [1.54, 1.807) is 24.3 Å². The van der Waals surface area contributed by atoms with Crippen molar-refractivity contribution in [3.05, 3.63) is 70.8 Å². The van der Waals surface area contributed by atoms with Gasteiger partial charge in [0.1, 0.15) is 5.84 Å². The molecule has 1 heterocycles. The maximum atomic E-state index is 12.4. The van der Waals surface area contributed by atoms with E-state index in [0.717, 1.165) is 16.0 Å². The number of amides is 1. The van der Waals surface area contributed by atoms with Crippen LogP contribution in [0.1, 0.15) is 11.1 Å². The summed E-state index contributed by atoms with van der Waals surface area (Å²) < 4.78 is 0. The van der Waals surface area contributed by atoms with Gasteiger partial charge in [-0.3, -0.25) is 4.79 Å². The van der Waals surface area contributed by atoms with E-state index in [1.165, 1.54) is 6.08 Å². The Labute approximate surface area is 137 Å². The first-order valence-electron chi connectivity index (χ1n) is 6.75. The van der Waals surface area contributed by atoms with Crippen molar-refractivity contribution < 1.29 is 4.79 Å². The van der Waals surface area contributed by atoms with Crippen molar-refractivity contribution in [2.24, 2.45) is 10.7 Å². The number of benzene rings is 2.